The van der Waals surface area contributed by atoms with Crippen molar-refractivity contribution in [2.75, 3.05) is 11.1 Å². The molecule has 19 heavy (non-hydrogen) atoms. The highest BCUT2D eigenvalue weighted by Gasteiger charge is 2.08. The third-order valence-electron chi connectivity index (χ3n) is 2.78. The number of nitrogens with zero attached hydrogens (tertiary/aromatic N) is 4. The molecule has 0 amide bonds. The lowest BCUT2D eigenvalue weighted by atomic mass is 10.2. The highest BCUT2D eigenvalue weighted by Crippen LogP contribution is 2.18. The summed E-state index contributed by atoms with van der Waals surface area (Å²) in [6.07, 6.45) is 5.06. The molecular formula is C13H18N6. The van der Waals surface area contributed by atoms with Crippen molar-refractivity contribution in [1.82, 2.24) is 19.9 Å². The van der Waals surface area contributed by atoms with Crippen molar-refractivity contribution in [2.24, 2.45) is 0 Å². The molecule has 0 radical (unpaired) electrons. The second-order valence-electron chi connectivity index (χ2n) is 4.30. The zero-order valence-electron chi connectivity index (χ0n) is 11.2. The average Bonchev–Trinajstić information content (AvgIpc) is 2.42. The first-order valence-electron chi connectivity index (χ1n) is 6.32. The predicted molar refractivity (Wildman–Crippen MR) is 74.5 cm³/mol. The molecule has 2 heterocycles. The van der Waals surface area contributed by atoms with Gasteiger partial charge >= 0.3 is 0 Å². The van der Waals surface area contributed by atoms with Crippen molar-refractivity contribution in [2.45, 2.75) is 33.2 Å². The van der Waals surface area contributed by atoms with E-state index in [0.717, 1.165) is 35.7 Å². The van der Waals surface area contributed by atoms with Gasteiger partial charge in [0.05, 0.1) is 12.2 Å². The normalized spacial score (nSPS) is 10.4. The zero-order chi connectivity index (χ0) is 13.7. The van der Waals surface area contributed by atoms with Gasteiger partial charge in [0, 0.05) is 18.2 Å². The first-order valence-corrected chi connectivity index (χ1v) is 6.32. The van der Waals surface area contributed by atoms with E-state index < -0.39 is 0 Å². The summed E-state index contributed by atoms with van der Waals surface area (Å²) in [5.74, 6) is 2.08. The van der Waals surface area contributed by atoms with Gasteiger partial charge in [-0.05, 0) is 19.4 Å². The number of nitrogen functional groups attached to an aromatic ring is 1. The molecule has 0 aliphatic carbocycles. The first-order chi connectivity index (χ1) is 9.20. The van der Waals surface area contributed by atoms with Crippen LogP contribution in [0.1, 0.15) is 30.4 Å². The molecule has 2 aromatic rings. The summed E-state index contributed by atoms with van der Waals surface area (Å²) in [4.78, 5) is 16.8. The number of hydrogen-bond donors (Lipinski definition) is 2. The van der Waals surface area contributed by atoms with Gasteiger partial charge in [-0.1, -0.05) is 6.92 Å². The highest BCUT2D eigenvalue weighted by atomic mass is 15.1. The Morgan fingerprint density at radius 3 is 2.84 bits per heavy atom. The number of nitrogens with one attached hydrogen (secondary N) is 1. The molecule has 0 fully saturated rings. The van der Waals surface area contributed by atoms with Crippen LogP contribution in [0.3, 0.4) is 0 Å². The van der Waals surface area contributed by atoms with Gasteiger partial charge in [0.1, 0.15) is 23.8 Å². The van der Waals surface area contributed by atoms with Crippen LogP contribution in [0, 0.1) is 6.92 Å². The second kappa shape index (κ2) is 6.08. The zero-order valence-corrected chi connectivity index (χ0v) is 11.2. The lowest BCUT2D eigenvalue weighted by Gasteiger charge is -2.11. The smallest absolute Gasteiger partial charge is 0.135 e. The maximum atomic E-state index is 5.90. The van der Waals surface area contributed by atoms with Gasteiger partial charge in [0.2, 0.25) is 0 Å². The van der Waals surface area contributed by atoms with Gasteiger partial charge in [0.25, 0.3) is 0 Å². The molecule has 0 unspecified atom stereocenters. The quantitative estimate of drug-likeness (QED) is 0.848. The van der Waals surface area contributed by atoms with Crippen LogP contribution in [0.15, 0.2) is 18.6 Å². The molecule has 0 aromatic carbocycles. The van der Waals surface area contributed by atoms with Crippen LogP contribution in [0.25, 0.3) is 0 Å². The fraction of sp³-hybridized carbons (Fsp3) is 0.385. The van der Waals surface area contributed by atoms with Crippen molar-refractivity contribution >= 4 is 11.6 Å². The summed E-state index contributed by atoms with van der Waals surface area (Å²) in [7, 11) is 0. The van der Waals surface area contributed by atoms with Gasteiger partial charge in [-0.2, -0.15) is 0 Å². The molecule has 2 rings (SSSR count). The molecule has 0 spiro atoms. The van der Waals surface area contributed by atoms with E-state index in [9.17, 15) is 0 Å². The summed E-state index contributed by atoms with van der Waals surface area (Å²) in [5.41, 5.74) is 7.68. The van der Waals surface area contributed by atoms with E-state index >= 15 is 0 Å². The Bertz CT molecular complexity index is 540. The Hall–Kier alpha value is -2.24. The van der Waals surface area contributed by atoms with E-state index in [1.807, 2.05) is 13.0 Å². The lowest BCUT2D eigenvalue weighted by molar-refractivity contribution is 0.832. The van der Waals surface area contributed by atoms with Crippen LogP contribution < -0.4 is 11.1 Å². The summed E-state index contributed by atoms with van der Waals surface area (Å²) in [5, 5.41) is 3.25. The maximum Gasteiger partial charge on any atom is 0.135 e. The fourth-order valence-electron chi connectivity index (χ4n) is 1.69. The van der Waals surface area contributed by atoms with Crippen LogP contribution >= 0.6 is 0 Å². The highest BCUT2D eigenvalue weighted by molar-refractivity contribution is 5.54. The standard InChI is InChI=1S/C13H18N6/c1-3-4-11-18-12(14)9(2)13(19-11)16-7-10-5-6-15-8-17-10/h5-6,8H,3-4,7H2,1-2H3,(H3,14,16,18,19). The molecule has 6 heteroatoms. The largest absolute Gasteiger partial charge is 0.383 e. The van der Waals surface area contributed by atoms with Gasteiger partial charge in [-0.15, -0.1) is 0 Å². The summed E-state index contributed by atoms with van der Waals surface area (Å²) >= 11 is 0. The van der Waals surface area contributed by atoms with E-state index in [0.29, 0.717) is 12.4 Å². The minimum Gasteiger partial charge on any atom is -0.383 e. The average molecular weight is 258 g/mol. The van der Waals surface area contributed by atoms with Crippen LogP contribution in [0.4, 0.5) is 11.6 Å². The molecule has 3 N–H and O–H groups in total. The Labute approximate surface area is 112 Å². The molecule has 0 bridgehead atoms. The molecule has 6 nitrogen and oxygen atoms in total. The molecular weight excluding hydrogens is 240 g/mol. The molecule has 0 aliphatic heterocycles. The van der Waals surface area contributed by atoms with Crippen molar-refractivity contribution in [3.63, 3.8) is 0 Å². The molecule has 2 aromatic heterocycles. The number of rotatable bonds is 5. The number of aryl methyl sites for hydroxylation is 1. The number of nitrogens with two attached hydrogens (primary N) is 1. The van der Waals surface area contributed by atoms with Gasteiger partial charge in [-0.3, -0.25) is 0 Å². The predicted octanol–water partition coefficient (Wildman–Crippen LogP) is 1.72. The van der Waals surface area contributed by atoms with Crippen LogP contribution in [0.2, 0.25) is 0 Å². The van der Waals surface area contributed by atoms with E-state index in [1.165, 1.54) is 6.33 Å². The van der Waals surface area contributed by atoms with Crippen molar-refractivity contribution in [1.29, 1.82) is 0 Å². The van der Waals surface area contributed by atoms with Crippen molar-refractivity contribution < 1.29 is 0 Å². The Kier molecular flexibility index (Phi) is 4.22. The number of aromatic nitrogens is 4. The molecule has 100 valence electrons. The van der Waals surface area contributed by atoms with E-state index in [2.05, 4.69) is 32.2 Å². The minimum absolute atomic E-state index is 0.531. The summed E-state index contributed by atoms with van der Waals surface area (Å²) < 4.78 is 0. The third kappa shape index (κ3) is 3.37. The Morgan fingerprint density at radius 1 is 1.32 bits per heavy atom. The molecule has 0 atom stereocenters. The fourth-order valence-corrected chi connectivity index (χ4v) is 1.69. The summed E-state index contributed by atoms with van der Waals surface area (Å²) in [6.45, 7) is 4.59. The van der Waals surface area contributed by atoms with Crippen LogP contribution in [0.5, 0.6) is 0 Å². The minimum atomic E-state index is 0.531. The van der Waals surface area contributed by atoms with Crippen LogP contribution in [-0.4, -0.2) is 19.9 Å². The molecule has 0 saturated heterocycles. The van der Waals surface area contributed by atoms with Crippen LogP contribution in [-0.2, 0) is 13.0 Å². The van der Waals surface area contributed by atoms with E-state index in [-0.39, 0.29) is 0 Å². The van der Waals surface area contributed by atoms with Gasteiger partial charge in [0.15, 0.2) is 0 Å². The van der Waals surface area contributed by atoms with Crippen molar-refractivity contribution in [3.05, 3.63) is 35.7 Å². The van der Waals surface area contributed by atoms with Gasteiger partial charge in [-0.25, -0.2) is 19.9 Å². The summed E-state index contributed by atoms with van der Waals surface area (Å²) in [6, 6.07) is 1.86. The number of anilines is 2. The topological polar surface area (TPSA) is 89.6 Å². The molecule has 0 aliphatic rings. The van der Waals surface area contributed by atoms with Gasteiger partial charge < -0.3 is 11.1 Å². The third-order valence-corrected chi connectivity index (χ3v) is 2.78. The van der Waals surface area contributed by atoms with Crippen molar-refractivity contribution in [3.8, 4) is 0 Å². The lowest BCUT2D eigenvalue weighted by Crippen LogP contribution is -2.10. The number of hydrogen-bond acceptors (Lipinski definition) is 6. The van der Waals surface area contributed by atoms with E-state index in [4.69, 9.17) is 5.73 Å². The Morgan fingerprint density at radius 2 is 2.16 bits per heavy atom. The Balaban J connectivity index is 2.15. The second-order valence-corrected chi connectivity index (χ2v) is 4.30. The van der Waals surface area contributed by atoms with E-state index in [1.54, 1.807) is 6.20 Å². The first kappa shape index (κ1) is 13.2. The monoisotopic (exact) mass is 258 g/mol. The SMILES string of the molecule is CCCc1nc(N)c(C)c(NCc2ccncn2)n1. The molecule has 0 saturated carbocycles. The maximum absolute atomic E-state index is 5.90.